The first-order valence-corrected chi connectivity index (χ1v) is 11.6. The molecule has 5 aromatic carbocycles. The van der Waals surface area contributed by atoms with Crippen LogP contribution in [0.15, 0.2) is 117 Å². The van der Waals surface area contributed by atoms with Crippen molar-refractivity contribution < 1.29 is 8.83 Å². The molecule has 0 aliphatic rings. The van der Waals surface area contributed by atoms with Crippen LogP contribution in [0, 0.1) is 0 Å². The van der Waals surface area contributed by atoms with Crippen molar-refractivity contribution in [2.75, 3.05) is 0 Å². The molecule has 0 amide bonds. The SMILES string of the molecule is O=c1c2ccccc2oc2cc(-n3c4ccccc4c4cc5c(cc43)oc3ccccc35)ccc12. The fourth-order valence-corrected chi connectivity index (χ4v) is 5.39. The lowest BCUT2D eigenvalue weighted by atomic mass is 10.1. The largest absolute Gasteiger partial charge is 0.456 e. The Labute approximate surface area is 198 Å². The van der Waals surface area contributed by atoms with Crippen LogP contribution in [0.25, 0.3) is 71.4 Å². The highest BCUT2D eigenvalue weighted by Gasteiger charge is 2.17. The summed E-state index contributed by atoms with van der Waals surface area (Å²) in [5, 5.41) is 5.70. The third kappa shape index (κ3) is 2.48. The van der Waals surface area contributed by atoms with Gasteiger partial charge in [0.2, 0.25) is 5.43 Å². The molecule has 0 saturated heterocycles. The summed E-state index contributed by atoms with van der Waals surface area (Å²) in [6, 6.07) is 34.0. The number of para-hydroxylation sites is 3. The fraction of sp³-hybridized carbons (Fsp3) is 0. The predicted molar refractivity (Wildman–Crippen MR) is 142 cm³/mol. The monoisotopic (exact) mass is 451 g/mol. The molecule has 0 N–H and O–H groups in total. The molecule has 4 nitrogen and oxygen atoms in total. The Balaban J connectivity index is 1.49. The van der Waals surface area contributed by atoms with Gasteiger partial charge in [-0.2, -0.15) is 0 Å². The van der Waals surface area contributed by atoms with Gasteiger partial charge in [-0.05, 0) is 42.5 Å². The van der Waals surface area contributed by atoms with Crippen molar-refractivity contribution >= 4 is 65.7 Å². The number of fused-ring (bicyclic) bond motifs is 8. The van der Waals surface area contributed by atoms with E-state index in [4.69, 9.17) is 8.83 Å². The van der Waals surface area contributed by atoms with Gasteiger partial charge in [-0.25, -0.2) is 0 Å². The second-order valence-electron chi connectivity index (χ2n) is 8.92. The summed E-state index contributed by atoms with van der Waals surface area (Å²) in [6.45, 7) is 0. The molecular formula is C31H17NO3. The van der Waals surface area contributed by atoms with Crippen LogP contribution in [0.4, 0.5) is 0 Å². The predicted octanol–water partition coefficient (Wildman–Crippen LogP) is 7.94. The van der Waals surface area contributed by atoms with Crippen molar-refractivity contribution in [3.63, 3.8) is 0 Å². The zero-order valence-corrected chi connectivity index (χ0v) is 18.5. The molecule has 3 heterocycles. The van der Waals surface area contributed by atoms with Crippen LogP contribution < -0.4 is 5.43 Å². The zero-order valence-electron chi connectivity index (χ0n) is 18.5. The van der Waals surface area contributed by atoms with Crippen molar-refractivity contribution in [2.45, 2.75) is 0 Å². The molecule has 35 heavy (non-hydrogen) atoms. The molecule has 0 bridgehead atoms. The van der Waals surface area contributed by atoms with E-state index in [2.05, 4.69) is 41.0 Å². The van der Waals surface area contributed by atoms with Crippen LogP contribution in [0.3, 0.4) is 0 Å². The molecule has 8 rings (SSSR count). The second kappa shape index (κ2) is 6.61. The maximum absolute atomic E-state index is 13.1. The number of aromatic nitrogens is 1. The van der Waals surface area contributed by atoms with Gasteiger partial charge in [0.05, 0.1) is 21.8 Å². The number of hydrogen-bond donors (Lipinski definition) is 0. The lowest BCUT2D eigenvalue weighted by Gasteiger charge is -2.09. The minimum atomic E-state index is -0.0143. The van der Waals surface area contributed by atoms with Gasteiger partial charge < -0.3 is 13.4 Å². The van der Waals surface area contributed by atoms with E-state index in [9.17, 15) is 4.79 Å². The number of furan rings is 1. The van der Waals surface area contributed by atoms with E-state index in [1.165, 1.54) is 0 Å². The van der Waals surface area contributed by atoms with E-state index < -0.39 is 0 Å². The van der Waals surface area contributed by atoms with E-state index >= 15 is 0 Å². The molecule has 0 atom stereocenters. The molecule has 0 saturated carbocycles. The van der Waals surface area contributed by atoms with Gasteiger partial charge in [0.25, 0.3) is 0 Å². The highest BCUT2D eigenvalue weighted by Crippen LogP contribution is 2.38. The molecule has 4 heteroatoms. The first-order chi connectivity index (χ1) is 17.3. The first-order valence-electron chi connectivity index (χ1n) is 11.6. The standard InChI is InChI=1S/C31H17NO3/c33-31-21-9-3-6-12-28(21)35-29-15-18(13-14-22(29)31)32-25-10-4-1-7-19(25)23-16-24-20-8-2-5-11-27(20)34-30(24)17-26(23)32/h1-17H. The zero-order chi connectivity index (χ0) is 23.1. The molecule has 8 aromatic rings. The van der Waals surface area contributed by atoms with Crippen molar-refractivity contribution in [1.82, 2.24) is 4.57 Å². The Kier molecular flexibility index (Phi) is 3.51. The summed E-state index contributed by atoms with van der Waals surface area (Å²) in [4.78, 5) is 13.1. The molecule has 0 aliphatic heterocycles. The summed E-state index contributed by atoms with van der Waals surface area (Å²) < 4.78 is 14.6. The van der Waals surface area contributed by atoms with Gasteiger partial charge in [0.15, 0.2) is 0 Å². The summed E-state index contributed by atoms with van der Waals surface area (Å²) in [5.74, 6) is 0. The molecule has 164 valence electrons. The lowest BCUT2D eigenvalue weighted by molar-refractivity contribution is 0.659. The Morgan fingerprint density at radius 2 is 1.09 bits per heavy atom. The third-order valence-corrected chi connectivity index (χ3v) is 6.99. The van der Waals surface area contributed by atoms with Gasteiger partial charge >= 0.3 is 0 Å². The third-order valence-electron chi connectivity index (χ3n) is 6.99. The Hall–Kier alpha value is -4.83. The number of benzene rings is 5. The molecule has 0 fully saturated rings. The topological polar surface area (TPSA) is 48.3 Å². The second-order valence-corrected chi connectivity index (χ2v) is 8.92. The normalized spacial score (nSPS) is 12.1. The first kappa shape index (κ1) is 18.6. The van der Waals surface area contributed by atoms with Gasteiger partial charge in [-0.15, -0.1) is 0 Å². The maximum atomic E-state index is 13.1. The highest BCUT2D eigenvalue weighted by atomic mass is 16.3. The minimum Gasteiger partial charge on any atom is -0.456 e. The Bertz CT molecular complexity index is 2190. The summed E-state index contributed by atoms with van der Waals surface area (Å²) in [5.41, 5.74) is 5.93. The summed E-state index contributed by atoms with van der Waals surface area (Å²) in [6.07, 6.45) is 0. The van der Waals surface area contributed by atoms with E-state index in [1.54, 1.807) is 6.07 Å². The van der Waals surface area contributed by atoms with Gasteiger partial charge in [-0.3, -0.25) is 4.79 Å². The summed E-state index contributed by atoms with van der Waals surface area (Å²) in [7, 11) is 0. The van der Waals surface area contributed by atoms with Crippen molar-refractivity contribution in [3.8, 4) is 5.69 Å². The Morgan fingerprint density at radius 3 is 1.91 bits per heavy atom. The minimum absolute atomic E-state index is 0.0143. The number of nitrogens with zero attached hydrogens (tertiary/aromatic N) is 1. The van der Waals surface area contributed by atoms with Crippen LogP contribution >= 0.6 is 0 Å². The van der Waals surface area contributed by atoms with Crippen molar-refractivity contribution in [3.05, 3.63) is 113 Å². The quantitative estimate of drug-likeness (QED) is 0.238. The van der Waals surface area contributed by atoms with Crippen LogP contribution in [-0.4, -0.2) is 4.57 Å². The van der Waals surface area contributed by atoms with Gasteiger partial charge in [0.1, 0.15) is 22.3 Å². The lowest BCUT2D eigenvalue weighted by Crippen LogP contribution is -2.03. The average molecular weight is 451 g/mol. The van der Waals surface area contributed by atoms with Gasteiger partial charge in [-0.1, -0.05) is 48.5 Å². The van der Waals surface area contributed by atoms with Gasteiger partial charge in [0, 0.05) is 39.4 Å². The smallest absolute Gasteiger partial charge is 0.200 e. The van der Waals surface area contributed by atoms with Crippen LogP contribution in [0.2, 0.25) is 0 Å². The van der Waals surface area contributed by atoms with E-state index in [0.717, 1.165) is 49.4 Å². The van der Waals surface area contributed by atoms with E-state index in [-0.39, 0.29) is 5.43 Å². The molecule has 3 aromatic heterocycles. The van der Waals surface area contributed by atoms with Crippen molar-refractivity contribution in [2.24, 2.45) is 0 Å². The highest BCUT2D eigenvalue weighted by molar-refractivity contribution is 6.17. The van der Waals surface area contributed by atoms with E-state index in [0.29, 0.717) is 21.9 Å². The Morgan fingerprint density at radius 1 is 0.457 bits per heavy atom. The molecule has 0 spiro atoms. The van der Waals surface area contributed by atoms with Crippen LogP contribution in [-0.2, 0) is 0 Å². The van der Waals surface area contributed by atoms with E-state index in [1.807, 2.05) is 60.7 Å². The maximum Gasteiger partial charge on any atom is 0.200 e. The van der Waals surface area contributed by atoms with Crippen molar-refractivity contribution in [1.29, 1.82) is 0 Å². The molecule has 0 radical (unpaired) electrons. The molecule has 0 aliphatic carbocycles. The molecular weight excluding hydrogens is 434 g/mol. The summed E-state index contributed by atoms with van der Waals surface area (Å²) >= 11 is 0. The van der Waals surface area contributed by atoms with Crippen LogP contribution in [0.1, 0.15) is 0 Å². The number of hydrogen-bond acceptors (Lipinski definition) is 3. The average Bonchev–Trinajstić information content (AvgIpc) is 3.42. The fourth-order valence-electron chi connectivity index (χ4n) is 5.39. The number of rotatable bonds is 1. The van der Waals surface area contributed by atoms with Crippen LogP contribution in [0.5, 0.6) is 0 Å². The molecule has 0 unspecified atom stereocenters.